The lowest BCUT2D eigenvalue weighted by atomic mass is 9.72. The molecule has 2 rings (SSSR count). The molecule has 1 heterocycles. The van der Waals surface area contributed by atoms with E-state index in [4.69, 9.17) is 0 Å². The molecule has 4 heteroatoms. The molecule has 3 unspecified atom stereocenters. The quantitative estimate of drug-likeness (QED) is 0.888. The third kappa shape index (κ3) is 3.35. The maximum Gasteiger partial charge on any atom is 0.138 e. The summed E-state index contributed by atoms with van der Waals surface area (Å²) in [5.41, 5.74) is 0. The van der Waals surface area contributed by atoms with Crippen LogP contribution >= 0.6 is 0 Å². The lowest BCUT2D eigenvalue weighted by Gasteiger charge is -2.37. The zero-order valence-electron chi connectivity index (χ0n) is 12.8. The van der Waals surface area contributed by atoms with Gasteiger partial charge in [-0.15, -0.1) is 0 Å². The Morgan fingerprint density at radius 2 is 2.21 bits per heavy atom. The van der Waals surface area contributed by atoms with Gasteiger partial charge in [0.15, 0.2) is 0 Å². The second-order valence-electron chi connectivity index (χ2n) is 6.17. The van der Waals surface area contributed by atoms with Gasteiger partial charge in [0.05, 0.1) is 0 Å². The van der Waals surface area contributed by atoms with Crippen molar-refractivity contribution in [3.05, 3.63) is 12.2 Å². The smallest absolute Gasteiger partial charge is 0.138 e. The summed E-state index contributed by atoms with van der Waals surface area (Å²) in [4.78, 5) is 4.44. The Hall–Kier alpha value is -0.900. The second kappa shape index (κ2) is 6.51. The van der Waals surface area contributed by atoms with Gasteiger partial charge in [0, 0.05) is 19.0 Å². The minimum absolute atomic E-state index is 0.636. The SMILES string of the molecule is CCn1ncnc1CC1CC(C(C)C)CCC1NC. The van der Waals surface area contributed by atoms with Crippen LogP contribution in [0.2, 0.25) is 0 Å². The van der Waals surface area contributed by atoms with Crippen LogP contribution in [-0.4, -0.2) is 27.9 Å². The van der Waals surface area contributed by atoms with Crippen LogP contribution in [0.25, 0.3) is 0 Å². The van der Waals surface area contributed by atoms with Crippen molar-refractivity contribution in [3.8, 4) is 0 Å². The second-order valence-corrected chi connectivity index (χ2v) is 6.17. The van der Waals surface area contributed by atoms with E-state index >= 15 is 0 Å². The molecule has 1 N–H and O–H groups in total. The van der Waals surface area contributed by atoms with Crippen molar-refractivity contribution in [1.29, 1.82) is 0 Å². The van der Waals surface area contributed by atoms with Gasteiger partial charge in [0.1, 0.15) is 12.2 Å². The Morgan fingerprint density at radius 3 is 2.84 bits per heavy atom. The van der Waals surface area contributed by atoms with E-state index in [1.165, 1.54) is 19.3 Å². The zero-order chi connectivity index (χ0) is 13.8. The summed E-state index contributed by atoms with van der Waals surface area (Å²) in [5.74, 6) is 3.51. The van der Waals surface area contributed by atoms with Crippen LogP contribution in [-0.2, 0) is 13.0 Å². The van der Waals surface area contributed by atoms with Gasteiger partial charge < -0.3 is 5.32 Å². The van der Waals surface area contributed by atoms with E-state index in [0.29, 0.717) is 12.0 Å². The number of hydrogen-bond donors (Lipinski definition) is 1. The molecule has 0 radical (unpaired) electrons. The average Bonchev–Trinajstić information content (AvgIpc) is 2.85. The van der Waals surface area contributed by atoms with E-state index in [1.807, 2.05) is 4.68 Å². The van der Waals surface area contributed by atoms with Crippen LogP contribution in [0, 0.1) is 17.8 Å². The molecule has 1 aromatic heterocycles. The number of aromatic nitrogens is 3. The van der Waals surface area contributed by atoms with Crippen molar-refractivity contribution in [2.75, 3.05) is 7.05 Å². The number of nitrogens with zero attached hydrogens (tertiary/aromatic N) is 3. The van der Waals surface area contributed by atoms with Crippen molar-refractivity contribution in [3.63, 3.8) is 0 Å². The summed E-state index contributed by atoms with van der Waals surface area (Å²) >= 11 is 0. The maximum atomic E-state index is 4.44. The minimum Gasteiger partial charge on any atom is -0.317 e. The highest BCUT2D eigenvalue weighted by molar-refractivity contribution is 4.94. The van der Waals surface area contributed by atoms with Gasteiger partial charge in [-0.25, -0.2) is 4.98 Å². The Balaban J connectivity index is 2.06. The summed E-state index contributed by atoms with van der Waals surface area (Å²) in [6, 6.07) is 0.636. The Morgan fingerprint density at radius 1 is 1.42 bits per heavy atom. The highest BCUT2D eigenvalue weighted by Crippen LogP contribution is 2.35. The van der Waals surface area contributed by atoms with E-state index in [9.17, 15) is 0 Å². The standard InChI is InChI=1S/C15H28N4/c1-5-19-15(17-10-18-19)9-13-8-12(11(2)3)6-7-14(13)16-4/h10-14,16H,5-9H2,1-4H3. The molecule has 4 nitrogen and oxygen atoms in total. The maximum absolute atomic E-state index is 4.44. The predicted molar refractivity (Wildman–Crippen MR) is 77.9 cm³/mol. The molecule has 0 aliphatic heterocycles. The van der Waals surface area contributed by atoms with Crippen molar-refractivity contribution in [2.24, 2.45) is 17.8 Å². The number of rotatable bonds is 5. The molecule has 0 aromatic carbocycles. The summed E-state index contributed by atoms with van der Waals surface area (Å²) in [7, 11) is 2.10. The predicted octanol–water partition coefficient (Wildman–Crippen LogP) is 2.50. The Bertz CT molecular complexity index is 385. The number of nitrogens with one attached hydrogen (secondary N) is 1. The van der Waals surface area contributed by atoms with Crippen molar-refractivity contribution >= 4 is 0 Å². The van der Waals surface area contributed by atoms with Gasteiger partial charge >= 0.3 is 0 Å². The number of aryl methyl sites for hydroxylation is 1. The Labute approximate surface area is 117 Å². The van der Waals surface area contributed by atoms with E-state index in [1.54, 1.807) is 6.33 Å². The molecule has 0 saturated heterocycles. The molecule has 1 fully saturated rings. The van der Waals surface area contributed by atoms with Crippen molar-refractivity contribution < 1.29 is 0 Å². The fourth-order valence-electron chi connectivity index (χ4n) is 3.46. The third-order valence-electron chi connectivity index (χ3n) is 4.78. The third-order valence-corrected chi connectivity index (χ3v) is 4.78. The van der Waals surface area contributed by atoms with Crippen molar-refractivity contribution in [1.82, 2.24) is 20.1 Å². The van der Waals surface area contributed by atoms with E-state index < -0.39 is 0 Å². The molecule has 0 spiro atoms. The first kappa shape index (κ1) is 14.5. The summed E-state index contributed by atoms with van der Waals surface area (Å²) < 4.78 is 2.03. The largest absolute Gasteiger partial charge is 0.317 e. The molecule has 3 atom stereocenters. The molecular formula is C15H28N4. The van der Waals surface area contributed by atoms with Crippen LogP contribution in [0.1, 0.15) is 45.9 Å². The first-order valence-corrected chi connectivity index (χ1v) is 7.69. The highest BCUT2D eigenvalue weighted by atomic mass is 15.3. The van der Waals surface area contributed by atoms with Crippen LogP contribution in [0.3, 0.4) is 0 Å². The summed E-state index contributed by atoms with van der Waals surface area (Å²) in [6.45, 7) is 7.76. The van der Waals surface area contributed by atoms with Gasteiger partial charge in [-0.1, -0.05) is 13.8 Å². The summed E-state index contributed by atoms with van der Waals surface area (Å²) in [6.07, 6.45) is 6.72. The molecule has 108 valence electrons. The molecule has 1 aliphatic carbocycles. The van der Waals surface area contributed by atoms with Crippen LogP contribution in [0.5, 0.6) is 0 Å². The molecule has 1 aromatic rings. The molecule has 1 aliphatic rings. The Kier molecular flexibility index (Phi) is 4.97. The monoisotopic (exact) mass is 264 g/mol. The summed E-state index contributed by atoms with van der Waals surface area (Å²) in [5, 5.41) is 7.80. The van der Waals surface area contributed by atoms with Crippen molar-refractivity contribution in [2.45, 2.75) is 59.0 Å². The fourth-order valence-corrected chi connectivity index (χ4v) is 3.46. The highest BCUT2D eigenvalue weighted by Gasteiger charge is 2.31. The average molecular weight is 264 g/mol. The van der Waals surface area contributed by atoms with Gasteiger partial charge in [-0.3, -0.25) is 4.68 Å². The van der Waals surface area contributed by atoms with Crippen LogP contribution < -0.4 is 5.32 Å². The van der Waals surface area contributed by atoms with E-state index in [0.717, 1.165) is 30.6 Å². The van der Waals surface area contributed by atoms with E-state index in [2.05, 4.69) is 43.2 Å². The molecular weight excluding hydrogens is 236 g/mol. The minimum atomic E-state index is 0.636. The normalized spacial score (nSPS) is 27.9. The topological polar surface area (TPSA) is 42.7 Å². The fraction of sp³-hybridized carbons (Fsp3) is 0.867. The van der Waals surface area contributed by atoms with Gasteiger partial charge in [0.2, 0.25) is 0 Å². The van der Waals surface area contributed by atoms with E-state index in [-0.39, 0.29) is 0 Å². The van der Waals surface area contributed by atoms with Crippen LogP contribution in [0.4, 0.5) is 0 Å². The van der Waals surface area contributed by atoms with Crippen LogP contribution in [0.15, 0.2) is 6.33 Å². The van der Waals surface area contributed by atoms with Gasteiger partial charge in [-0.2, -0.15) is 5.10 Å². The molecule has 0 bridgehead atoms. The first-order chi connectivity index (χ1) is 9.15. The number of hydrogen-bond acceptors (Lipinski definition) is 3. The molecule has 0 amide bonds. The zero-order valence-corrected chi connectivity index (χ0v) is 12.8. The lowest BCUT2D eigenvalue weighted by molar-refractivity contribution is 0.170. The first-order valence-electron chi connectivity index (χ1n) is 7.69. The lowest BCUT2D eigenvalue weighted by Crippen LogP contribution is -2.41. The molecule has 19 heavy (non-hydrogen) atoms. The van der Waals surface area contributed by atoms with Gasteiger partial charge in [0.25, 0.3) is 0 Å². The van der Waals surface area contributed by atoms with Gasteiger partial charge in [-0.05, 0) is 51.0 Å². The molecule has 1 saturated carbocycles.